The summed E-state index contributed by atoms with van der Waals surface area (Å²) in [5.74, 6) is -2.88. The number of ketones is 1. The highest BCUT2D eigenvalue weighted by molar-refractivity contribution is 6.46. The number of aliphatic hydroxyl groups is 1. The number of halogens is 2. The lowest BCUT2D eigenvalue weighted by Gasteiger charge is -2.31. The Morgan fingerprint density at radius 1 is 0.935 bits per heavy atom. The molecule has 2 aliphatic heterocycles. The zero-order valence-electron chi connectivity index (χ0n) is 16.8. The molecule has 31 heavy (non-hydrogen) atoms. The number of aliphatic hydroxyl groups excluding tert-OH is 1. The molecule has 2 aromatic rings. The Morgan fingerprint density at radius 3 is 2.13 bits per heavy atom. The van der Waals surface area contributed by atoms with Crippen molar-refractivity contribution in [1.82, 2.24) is 9.80 Å². The number of hydrogen-bond donors (Lipinski definition) is 1. The minimum absolute atomic E-state index is 0.0924. The lowest BCUT2D eigenvalue weighted by Crippen LogP contribution is -2.42. The molecule has 0 bridgehead atoms. The summed E-state index contributed by atoms with van der Waals surface area (Å²) in [5, 5.41) is 10.9. The van der Waals surface area contributed by atoms with E-state index in [0.29, 0.717) is 25.3 Å². The molecule has 8 heteroatoms. The average Bonchev–Trinajstić information content (AvgIpc) is 3.04. The third-order valence-corrected chi connectivity index (χ3v) is 5.60. The standard InChI is InChI=1S/C23H22F2N2O4/c24-17-5-1-15(2-6-17)20-19(21(28)16-3-7-18(25)8-4-16)22(29)23(30)27(20)10-9-26-11-13-31-14-12-26/h1-8,20,28H,9-14H2/b21-19+/t20-/m0/s1. The monoisotopic (exact) mass is 428 g/mol. The van der Waals surface area contributed by atoms with E-state index in [0.717, 1.165) is 25.2 Å². The van der Waals surface area contributed by atoms with Gasteiger partial charge in [-0.25, -0.2) is 8.78 Å². The van der Waals surface area contributed by atoms with E-state index < -0.39 is 29.4 Å². The number of nitrogens with zero attached hydrogens (tertiary/aromatic N) is 2. The first kappa shape index (κ1) is 21.1. The number of benzene rings is 2. The second-order valence-electron chi connectivity index (χ2n) is 7.50. The van der Waals surface area contributed by atoms with Crippen LogP contribution in [0.4, 0.5) is 8.78 Å². The Morgan fingerprint density at radius 2 is 1.52 bits per heavy atom. The third-order valence-electron chi connectivity index (χ3n) is 5.60. The molecule has 2 aliphatic rings. The van der Waals surface area contributed by atoms with Gasteiger partial charge in [-0.2, -0.15) is 0 Å². The van der Waals surface area contributed by atoms with E-state index in [9.17, 15) is 23.5 Å². The molecule has 1 N–H and O–H groups in total. The van der Waals surface area contributed by atoms with Crippen LogP contribution < -0.4 is 0 Å². The average molecular weight is 428 g/mol. The van der Waals surface area contributed by atoms with Crippen molar-refractivity contribution in [2.45, 2.75) is 6.04 Å². The molecule has 0 aliphatic carbocycles. The van der Waals surface area contributed by atoms with Crippen molar-refractivity contribution >= 4 is 17.4 Å². The minimum atomic E-state index is -0.869. The third kappa shape index (κ3) is 4.35. The number of likely N-dealkylation sites (tertiary alicyclic amines) is 1. The predicted octanol–water partition coefficient (Wildman–Crippen LogP) is 2.72. The maximum atomic E-state index is 13.5. The second-order valence-corrected chi connectivity index (χ2v) is 7.50. The highest BCUT2D eigenvalue weighted by Crippen LogP contribution is 2.39. The molecule has 0 radical (unpaired) electrons. The van der Waals surface area contributed by atoms with Crippen molar-refractivity contribution in [2.75, 3.05) is 39.4 Å². The van der Waals surface area contributed by atoms with Gasteiger partial charge >= 0.3 is 0 Å². The highest BCUT2D eigenvalue weighted by atomic mass is 19.1. The topological polar surface area (TPSA) is 70.1 Å². The van der Waals surface area contributed by atoms with Crippen molar-refractivity contribution in [3.8, 4) is 0 Å². The van der Waals surface area contributed by atoms with Crippen LogP contribution in [0.2, 0.25) is 0 Å². The van der Waals surface area contributed by atoms with Crippen LogP contribution in [0.15, 0.2) is 54.1 Å². The second kappa shape index (κ2) is 8.95. The van der Waals surface area contributed by atoms with E-state index in [1.165, 1.54) is 41.3 Å². The summed E-state index contributed by atoms with van der Waals surface area (Å²) in [7, 11) is 0. The summed E-state index contributed by atoms with van der Waals surface area (Å²) >= 11 is 0. The van der Waals surface area contributed by atoms with Crippen molar-refractivity contribution < 1.29 is 28.2 Å². The summed E-state index contributed by atoms with van der Waals surface area (Å²) < 4.78 is 32.2. The normalized spacial score (nSPS) is 21.6. The molecule has 2 saturated heterocycles. The largest absolute Gasteiger partial charge is 0.507 e. The maximum absolute atomic E-state index is 13.5. The van der Waals surface area contributed by atoms with Crippen LogP contribution in [0, 0.1) is 11.6 Å². The first-order valence-corrected chi connectivity index (χ1v) is 10.1. The van der Waals surface area contributed by atoms with Gasteiger partial charge in [0.2, 0.25) is 0 Å². The lowest BCUT2D eigenvalue weighted by atomic mass is 9.95. The van der Waals surface area contributed by atoms with Crippen LogP contribution >= 0.6 is 0 Å². The summed E-state index contributed by atoms with van der Waals surface area (Å²) in [6, 6.07) is 9.61. The molecule has 0 unspecified atom stereocenters. The number of Topliss-reactive ketones (excluding diaryl/α,β-unsaturated/α-hetero) is 1. The number of morpholine rings is 1. The Labute approximate surface area is 178 Å². The molecule has 2 heterocycles. The van der Waals surface area contributed by atoms with Crippen molar-refractivity contribution in [3.05, 3.63) is 76.9 Å². The fraction of sp³-hybridized carbons (Fsp3) is 0.304. The van der Waals surface area contributed by atoms with Crippen molar-refractivity contribution in [2.24, 2.45) is 0 Å². The first-order chi connectivity index (χ1) is 15.0. The Balaban J connectivity index is 1.72. The zero-order valence-corrected chi connectivity index (χ0v) is 16.8. The van der Waals surface area contributed by atoms with Gasteiger partial charge in [-0.1, -0.05) is 12.1 Å². The van der Waals surface area contributed by atoms with Gasteiger partial charge < -0.3 is 14.7 Å². The van der Waals surface area contributed by atoms with Crippen LogP contribution in [-0.2, 0) is 14.3 Å². The number of rotatable bonds is 5. The molecular formula is C23H22F2N2O4. The number of ether oxygens (including phenoxy) is 1. The molecule has 1 amide bonds. The minimum Gasteiger partial charge on any atom is -0.507 e. The van der Waals surface area contributed by atoms with Crippen LogP contribution in [0.5, 0.6) is 0 Å². The number of amides is 1. The zero-order chi connectivity index (χ0) is 22.0. The van der Waals surface area contributed by atoms with Gasteiger partial charge in [0.15, 0.2) is 0 Å². The fourth-order valence-electron chi connectivity index (χ4n) is 3.94. The number of carbonyl (C=O) groups is 2. The molecule has 1 atom stereocenters. The van der Waals surface area contributed by atoms with Gasteiger partial charge in [-0.15, -0.1) is 0 Å². The van der Waals surface area contributed by atoms with Crippen molar-refractivity contribution in [1.29, 1.82) is 0 Å². The smallest absolute Gasteiger partial charge is 0.295 e. The Bertz CT molecular complexity index is 999. The van der Waals surface area contributed by atoms with E-state index in [4.69, 9.17) is 4.74 Å². The van der Waals surface area contributed by atoms with Crippen LogP contribution in [0.25, 0.3) is 5.76 Å². The van der Waals surface area contributed by atoms with Gasteiger partial charge in [0.25, 0.3) is 11.7 Å². The molecule has 162 valence electrons. The van der Waals surface area contributed by atoms with Gasteiger partial charge in [0.05, 0.1) is 24.8 Å². The Hall–Kier alpha value is -3.10. The number of hydrogen-bond acceptors (Lipinski definition) is 5. The maximum Gasteiger partial charge on any atom is 0.295 e. The molecule has 2 aromatic carbocycles. The van der Waals surface area contributed by atoms with E-state index in [1.807, 2.05) is 0 Å². The SMILES string of the molecule is O=C1C(=O)N(CCN2CCOCC2)[C@@H](c2ccc(F)cc2)/C1=C(\O)c1ccc(F)cc1. The quantitative estimate of drug-likeness (QED) is 0.451. The predicted molar refractivity (Wildman–Crippen MR) is 109 cm³/mol. The molecule has 2 fully saturated rings. The van der Waals surface area contributed by atoms with Crippen molar-refractivity contribution in [3.63, 3.8) is 0 Å². The summed E-state index contributed by atoms with van der Waals surface area (Å²) in [6.45, 7) is 3.44. The van der Waals surface area contributed by atoms with E-state index >= 15 is 0 Å². The van der Waals surface area contributed by atoms with Gasteiger partial charge in [-0.3, -0.25) is 14.5 Å². The molecular weight excluding hydrogens is 406 g/mol. The van der Waals surface area contributed by atoms with E-state index in [1.54, 1.807) is 0 Å². The van der Waals surface area contributed by atoms with Gasteiger partial charge in [0, 0.05) is 31.7 Å². The highest BCUT2D eigenvalue weighted by Gasteiger charge is 2.46. The van der Waals surface area contributed by atoms with Gasteiger partial charge in [0.1, 0.15) is 17.4 Å². The van der Waals surface area contributed by atoms with E-state index in [-0.39, 0.29) is 23.4 Å². The Kier molecular flexibility index (Phi) is 6.11. The number of carbonyl (C=O) groups excluding carboxylic acids is 2. The van der Waals surface area contributed by atoms with Crippen LogP contribution in [0.3, 0.4) is 0 Å². The van der Waals surface area contributed by atoms with Crippen LogP contribution in [0.1, 0.15) is 17.2 Å². The summed E-state index contributed by atoms with van der Waals surface area (Å²) in [5.41, 5.74) is 0.635. The molecule has 0 aromatic heterocycles. The molecule has 0 spiro atoms. The fourth-order valence-corrected chi connectivity index (χ4v) is 3.94. The molecule has 0 saturated carbocycles. The van der Waals surface area contributed by atoms with Crippen LogP contribution in [-0.4, -0.2) is 66.0 Å². The summed E-state index contributed by atoms with van der Waals surface area (Å²) in [6.07, 6.45) is 0. The molecule has 4 rings (SSSR count). The van der Waals surface area contributed by atoms with Gasteiger partial charge in [-0.05, 0) is 42.0 Å². The summed E-state index contributed by atoms with van der Waals surface area (Å²) in [4.78, 5) is 29.3. The van der Waals surface area contributed by atoms with E-state index in [2.05, 4.69) is 4.90 Å². The molecule has 6 nitrogen and oxygen atoms in total. The first-order valence-electron chi connectivity index (χ1n) is 10.1. The lowest BCUT2D eigenvalue weighted by molar-refractivity contribution is -0.140.